The summed E-state index contributed by atoms with van der Waals surface area (Å²) < 4.78 is 6.81. The monoisotopic (exact) mass is 279 g/mol. The van der Waals surface area contributed by atoms with Crippen molar-refractivity contribution in [2.24, 2.45) is 0 Å². The van der Waals surface area contributed by atoms with Gasteiger partial charge in [-0.25, -0.2) is 4.68 Å². The average Bonchev–Trinajstić information content (AvgIpc) is 3.00. The van der Waals surface area contributed by atoms with Crippen molar-refractivity contribution >= 4 is 6.29 Å². The van der Waals surface area contributed by atoms with Crippen LogP contribution in [0.2, 0.25) is 0 Å². The van der Waals surface area contributed by atoms with Gasteiger partial charge in [-0.15, -0.1) is 0 Å². The minimum atomic E-state index is 0.539. The van der Waals surface area contributed by atoms with Crippen LogP contribution in [0.15, 0.2) is 55.0 Å². The van der Waals surface area contributed by atoms with Crippen LogP contribution in [0, 0.1) is 0 Å². The van der Waals surface area contributed by atoms with Gasteiger partial charge in [0, 0.05) is 24.2 Å². The van der Waals surface area contributed by atoms with E-state index in [0.29, 0.717) is 11.3 Å². The lowest BCUT2D eigenvalue weighted by Crippen LogP contribution is -1.94. The van der Waals surface area contributed by atoms with Crippen molar-refractivity contribution in [1.82, 2.24) is 14.8 Å². The Bertz CT molecular complexity index is 749. The molecule has 5 nitrogen and oxygen atoms in total. The van der Waals surface area contributed by atoms with Crippen molar-refractivity contribution < 1.29 is 9.53 Å². The topological polar surface area (TPSA) is 57.0 Å². The van der Waals surface area contributed by atoms with Gasteiger partial charge in [0.1, 0.15) is 11.4 Å². The largest absolute Gasteiger partial charge is 0.497 e. The van der Waals surface area contributed by atoms with E-state index in [2.05, 4.69) is 10.1 Å². The first kappa shape index (κ1) is 13.1. The second kappa shape index (κ2) is 5.58. The first-order valence-corrected chi connectivity index (χ1v) is 6.41. The minimum absolute atomic E-state index is 0.539. The fraction of sp³-hybridized carbons (Fsp3) is 0.0625. The quantitative estimate of drug-likeness (QED) is 0.689. The highest BCUT2D eigenvalue weighted by molar-refractivity contribution is 5.85. The number of aromatic nitrogens is 3. The molecule has 0 aliphatic carbocycles. The number of aldehydes is 1. The summed E-state index contributed by atoms with van der Waals surface area (Å²) in [4.78, 5) is 15.3. The number of carbonyl (C=O) groups excluding carboxylic acids is 1. The van der Waals surface area contributed by atoms with E-state index in [9.17, 15) is 4.79 Å². The smallest absolute Gasteiger partial charge is 0.153 e. The summed E-state index contributed by atoms with van der Waals surface area (Å²) in [6.45, 7) is 0. The molecule has 21 heavy (non-hydrogen) atoms. The minimum Gasteiger partial charge on any atom is -0.497 e. The molecule has 0 unspecified atom stereocenters. The van der Waals surface area contributed by atoms with Gasteiger partial charge < -0.3 is 4.74 Å². The van der Waals surface area contributed by atoms with Crippen LogP contribution in [0.5, 0.6) is 5.75 Å². The number of carbonyl (C=O) groups is 1. The van der Waals surface area contributed by atoms with Crippen molar-refractivity contribution in [2.75, 3.05) is 7.11 Å². The predicted molar refractivity (Wildman–Crippen MR) is 78.7 cm³/mol. The standard InChI is InChI=1S/C16H13N3O2/c1-21-15-4-2-12(3-5-15)16-13(11-20)10-19(18-16)14-6-8-17-9-7-14/h2-11H,1H3. The highest BCUT2D eigenvalue weighted by atomic mass is 16.5. The molecule has 1 aromatic carbocycles. The number of rotatable bonds is 4. The van der Waals surface area contributed by atoms with Gasteiger partial charge in [0.25, 0.3) is 0 Å². The third-order valence-electron chi connectivity index (χ3n) is 3.16. The number of hydrogen-bond acceptors (Lipinski definition) is 4. The molecule has 2 aromatic heterocycles. The van der Waals surface area contributed by atoms with E-state index in [4.69, 9.17) is 4.74 Å². The second-order valence-corrected chi connectivity index (χ2v) is 4.43. The molecule has 5 heteroatoms. The molecule has 0 aliphatic rings. The van der Waals surface area contributed by atoms with Crippen LogP contribution < -0.4 is 4.74 Å². The van der Waals surface area contributed by atoms with Crippen LogP contribution in [-0.4, -0.2) is 28.2 Å². The Morgan fingerprint density at radius 3 is 2.43 bits per heavy atom. The summed E-state index contributed by atoms with van der Waals surface area (Å²) in [6, 6.07) is 11.1. The van der Waals surface area contributed by atoms with E-state index in [1.54, 1.807) is 30.4 Å². The predicted octanol–water partition coefficient (Wildman–Crippen LogP) is 2.76. The molecule has 0 radical (unpaired) electrons. The Balaban J connectivity index is 2.05. The summed E-state index contributed by atoms with van der Waals surface area (Å²) in [7, 11) is 1.62. The maximum Gasteiger partial charge on any atom is 0.153 e. The molecule has 104 valence electrons. The van der Waals surface area contributed by atoms with Crippen LogP contribution in [-0.2, 0) is 0 Å². The molecule has 2 heterocycles. The Kier molecular flexibility index (Phi) is 3.47. The SMILES string of the molecule is COc1ccc(-c2nn(-c3ccncc3)cc2C=O)cc1. The van der Waals surface area contributed by atoms with Crippen LogP contribution in [0.4, 0.5) is 0 Å². The van der Waals surface area contributed by atoms with Gasteiger partial charge in [0.15, 0.2) is 6.29 Å². The van der Waals surface area contributed by atoms with E-state index in [1.165, 1.54) is 0 Å². The van der Waals surface area contributed by atoms with Gasteiger partial charge in [-0.05, 0) is 36.4 Å². The van der Waals surface area contributed by atoms with E-state index < -0.39 is 0 Å². The molecule has 0 saturated carbocycles. The van der Waals surface area contributed by atoms with E-state index in [-0.39, 0.29) is 0 Å². The molecule has 0 amide bonds. The Morgan fingerprint density at radius 1 is 1.10 bits per heavy atom. The summed E-state index contributed by atoms with van der Waals surface area (Å²) in [5.74, 6) is 0.764. The third-order valence-corrected chi connectivity index (χ3v) is 3.16. The van der Waals surface area contributed by atoms with Gasteiger partial charge in [0.2, 0.25) is 0 Å². The summed E-state index contributed by atoms with van der Waals surface area (Å²) in [6.07, 6.45) is 5.89. The van der Waals surface area contributed by atoms with Gasteiger partial charge >= 0.3 is 0 Å². The lowest BCUT2D eigenvalue weighted by Gasteiger charge is -2.02. The highest BCUT2D eigenvalue weighted by Crippen LogP contribution is 2.24. The average molecular weight is 279 g/mol. The maximum absolute atomic E-state index is 11.3. The molecule has 3 rings (SSSR count). The van der Waals surface area contributed by atoms with Crippen LogP contribution in [0.25, 0.3) is 16.9 Å². The highest BCUT2D eigenvalue weighted by Gasteiger charge is 2.11. The number of benzene rings is 1. The number of pyridine rings is 1. The number of ether oxygens (including phenoxy) is 1. The normalized spacial score (nSPS) is 10.3. The first-order valence-electron chi connectivity index (χ1n) is 6.41. The summed E-state index contributed by atoms with van der Waals surface area (Å²) in [5.41, 5.74) is 2.90. The van der Waals surface area contributed by atoms with E-state index in [0.717, 1.165) is 23.3 Å². The lowest BCUT2D eigenvalue weighted by molar-refractivity contribution is 0.112. The zero-order chi connectivity index (χ0) is 14.7. The number of methoxy groups -OCH3 is 1. The summed E-state index contributed by atoms with van der Waals surface area (Å²) >= 11 is 0. The van der Waals surface area contributed by atoms with Gasteiger partial charge in [-0.3, -0.25) is 9.78 Å². The molecule has 0 bridgehead atoms. The van der Waals surface area contributed by atoms with Crippen molar-refractivity contribution in [3.8, 4) is 22.7 Å². The molecular weight excluding hydrogens is 266 g/mol. The fourth-order valence-corrected chi connectivity index (χ4v) is 2.08. The van der Waals surface area contributed by atoms with Gasteiger partial charge in [-0.1, -0.05) is 0 Å². The molecule has 0 N–H and O–H groups in total. The maximum atomic E-state index is 11.3. The van der Waals surface area contributed by atoms with Crippen LogP contribution in [0.3, 0.4) is 0 Å². The van der Waals surface area contributed by atoms with Crippen LogP contribution in [0.1, 0.15) is 10.4 Å². The van der Waals surface area contributed by atoms with Gasteiger partial charge in [0.05, 0.1) is 18.4 Å². The fourth-order valence-electron chi connectivity index (χ4n) is 2.08. The molecule has 3 aromatic rings. The molecule has 0 saturated heterocycles. The molecule has 0 spiro atoms. The lowest BCUT2D eigenvalue weighted by atomic mass is 10.1. The van der Waals surface area contributed by atoms with Crippen molar-refractivity contribution in [2.45, 2.75) is 0 Å². The van der Waals surface area contributed by atoms with E-state index in [1.807, 2.05) is 36.4 Å². The summed E-state index contributed by atoms with van der Waals surface area (Å²) in [5, 5.41) is 4.49. The Hall–Kier alpha value is -2.95. The number of nitrogens with zero attached hydrogens (tertiary/aromatic N) is 3. The zero-order valence-electron chi connectivity index (χ0n) is 11.4. The number of hydrogen-bond donors (Lipinski definition) is 0. The second-order valence-electron chi connectivity index (χ2n) is 4.43. The van der Waals surface area contributed by atoms with Gasteiger partial charge in [-0.2, -0.15) is 5.10 Å². The van der Waals surface area contributed by atoms with E-state index >= 15 is 0 Å². The van der Waals surface area contributed by atoms with Crippen molar-refractivity contribution in [3.63, 3.8) is 0 Å². The van der Waals surface area contributed by atoms with Crippen LogP contribution >= 0.6 is 0 Å². The molecule has 0 atom stereocenters. The Morgan fingerprint density at radius 2 is 1.81 bits per heavy atom. The Labute approximate surface area is 121 Å². The molecule has 0 fully saturated rings. The first-order chi connectivity index (χ1) is 10.3. The van der Waals surface area contributed by atoms with Crippen molar-refractivity contribution in [3.05, 3.63) is 60.6 Å². The zero-order valence-corrected chi connectivity index (χ0v) is 11.4. The molecular formula is C16H13N3O2. The molecule has 0 aliphatic heterocycles. The van der Waals surface area contributed by atoms with Crippen molar-refractivity contribution in [1.29, 1.82) is 0 Å². The third kappa shape index (κ3) is 2.53.